The van der Waals surface area contributed by atoms with Gasteiger partial charge in [-0.1, -0.05) is 29.8 Å². The molecule has 1 aromatic rings. The quantitative estimate of drug-likeness (QED) is 0.844. The largest absolute Gasteiger partial charge is 0.389 e. The van der Waals surface area contributed by atoms with Gasteiger partial charge in [-0.05, 0) is 44.2 Å². The molecule has 1 unspecified atom stereocenters. The van der Waals surface area contributed by atoms with Crippen molar-refractivity contribution in [2.24, 2.45) is 5.92 Å². The average molecular weight is 295 g/mol. The number of nitrogens with one attached hydrogen (secondary N) is 1. The minimum atomic E-state index is -3.52. The highest BCUT2D eigenvalue weighted by atomic mass is 32.2. The molecule has 0 bridgehead atoms. The molecule has 1 aliphatic rings. The first-order valence-electron chi connectivity index (χ1n) is 6.75. The van der Waals surface area contributed by atoms with Gasteiger partial charge >= 0.3 is 0 Å². The van der Waals surface area contributed by atoms with Gasteiger partial charge in [-0.15, -0.1) is 0 Å². The van der Waals surface area contributed by atoms with Gasteiger partial charge in [0.25, 0.3) is 0 Å². The van der Waals surface area contributed by atoms with Crippen LogP contribution in [-0.4, -0.2) is 25.7 Å². The van der Waals surface area contributed by atoms with Crippen LogP contribution in [0.1, 0.15) is 30.9 Å². The summed E-state index contributed by atoms with van der Waals surface area (Å²) in [5, 5.41) is 11.2. The fourth-order valence-electron chi connectivity index (χ4n) is 1.99. The maximum absolute atomic E-state index is 11.9. The molecule has 0 heterocycles. The second-order valence-electron chi connectivity index (χ2n) is 5.71. The van der Waals surface area contributed by atoms with Crippen molar-refractivity contribution in [1.29, 1.82) is 0 Å². The Hall–Kier alpha value is -1.17. The Morgan fingerprint density at radius 2 is 1.95 bits per heavy atom. The van der Waals surface area contributed by atoms with Gasteiger partial charge in [0.05, 0.1) is 5.60 Å². The Bertz CT molecular complexity index is 584. The van der Waals surface area contributed by atoms with E-state index < -0.39 is 15.6 Å². The molecule has 1 fully saturated rings. The summed E-state index contributed by atoms with van der Waals surface area (Å²) in [7, 11) is -3.52. The zero-order valence-electron chi connectivity index (χ0n) is 11.8. The molecule has 4 nitrogen and oxygen atoms in total. The average Bonchev–Trinajstić information content (AvgIpc) is 3.21. The third-order valence-electron chi connectivity index (χ3n) is 3.61. The lowest BCUT2D eigenvalue weighted by atomic mass is 10.0. The van der Waals surface area contributed by atoms with Gasteiger partial charge in [-0.3, -0.25) is 0 Å². The van der Waals surface area contributed by atoms with E-state index in [4.69, 9.17) is 0 Å². The number of aliphatic hydroxyl groups is 1. The monoisotopic (exact) mass is 295 g/mol. The number of hydrogen-bond donors (Lipinski definition) is 2. The van der Waals surface area contributed by atoms with Crippen LogP contribution >= 0.6 is 0 Å². The van der Waals surface area contributed by atoms with E-state index in [1.165, 1.54) is 0 Å². The standard InChI is InChI=1S/C15H21NO3S/c1-12-3-5-13(6-4-12)9-10-20(18,19)16-11-15(2,17)14-7-8-14/h3-6,9-10,14,16-17H,7-8,11H2,1-2H3. The van der Waals surface area contributed by atoms with E-state index in [0.29, 0.717) is 0 Å². The Labute approximate surface area is 120 Å². The number of hydrogen-bond acceptors (Lipinski definition) is 3. The molecule has 1 atom stereocenters. The molecule has 1 saturated carbocycles. The summed E-state index contributed by atoms with van der Waals surface area (Å²) < 4.78 is 26.1. The normalized spacial score (nSPS) is 19.1. The second-order valence-corrected chi connectivity index (χ2v) is 7.36. The fraction of sp³-hybridized carbons (Fsp3) is 0.467. The van der Waals surface area contributed by atoms with E-state index in [2.05, 4.69) is 4.72 Å². The lowest BCUT2D eigenvalue weighted by Gasteiger charge is -2.22. The van der Waals surface area contributed by atoms with Crippen molar-refractivity contribution < 1.29 is 13.5 Å². The van der Waals surface area contributed by atoms with Crippen LogP contribution in [0.25, 0.3) is 6.08 Å². The maximum atomic E-state index is 11.9. The molecule has 0 spiro atoms. The van der Waals surface area contributed by atoms with Gasteiger partial charge in [0, 0.05) is 12.0 Å². The molecule has 0 saturated heterocycles. The lowest BCUT2D eigenvalue weighted by molar-refractivity contribution is 0.0423. The molecule has 20 heavy (non-hydrogen) atoms. The summed E-state index contributed by atoms with van der Waals surface area (Å²) in [4.78, 5) is 0. The molecule has 2 N–H and O–H groups in total. The summed E-state index contributed by atoms with van der Waals surface area (Å²) in [6.07, 6.45) is 3.48. The molecular weight excluding hydrogens is 274 g/mol. The van der Waals surface area contributed by atoms with Crippen LogP contribution in [0.3, 0.4) is 0 Å². The molecule has 2 rings (SSSR count). The van der Waals surface area contributed by atoms with Crippen LogP contribution in [0.15, 0.2) is 29.7 Å². The summed E-state index contributed by atoms with van der Waals surface area (Å²) >= 11 is 0. The first-order valence-corrected chi connectivity index (χ1v) is 8.30. The molecule has 5 heteroatoms. The zero-order chi connectivity index (χ0) is 14.8. The third kappa shape index (κ3) is 4.44. The summed E-state index contributed by atoms with van der Waals surface area (Å²) in [6.45, 7) is 3.71. The van der Waals surface area contributed by atoms with E-state index in [9.17, 15) is 13.5 Å². The minimum absolute atomic E-state index is 0.0538. The fourth-order valence-corrected chi connectivity index (χ4v) is 2.92. The van der Waals surface area contributed by atoms with Crippen LogP contribution in [-0.2, 0) is 10.0 Å². The lowest BCUT2D eigenvalue weighted by Crippen LogP contribution is -2.41. The molecule has 0 radical (unpaired) electrons. The zero-order valence-corrected chi connectivity index (χ0v) is 12.7. The number of sulfonamides is 1. The van der Waals surface area contributed by atoms with Crippen LogP contribution in [0, 0.1) is 12.8 Å². The van der Waals surface area contributed by atoms with Crippen molar-refractivity contribution in [3.63, 3.8) is 0 Å². The Morgan fingerprint density at radius 1 is 1.35 bits per heavy atom. The van der Waals surface area contributed by atoms with Crippen molar-refractivity contribution in [2.45, 2.75) is 32.3 Å². The van der Waals surface area contributed by atoms with Crippen LogP contribution in [0.4, 0.5) is 0 Å². The van der Waals surface area contributed by atoms with Gasteiger partial charge in [-0.2, -0.15) is 0 Å². The number of aryl methyl sites for hydroxylation is 1. The van der Waals surface area contributed by atoms with Crippen molar-refractivity contribution in [3.8, 4) is 0 Å². The van der Waals surface area contributed by atoms with Crippen molar-refractivity contribution in [1.82, 2.24) is 4.72 Å². The topological polar surface area (TPSA) is 66.4 Å². The predicted molar refractivity (Wildman–Crippen MR) is 80.5 cm³/mol. The van der Waals surface area contributed by atoms with Crippen LogP contribution < -0.4 is 4.72 Å². The summed E-state index contributed by atoms with van der Waals surface area (Å²) in [5.74, 6) is 0.214. The molecule has 0 aromatic heterocycles. The SMILES string of the molecule is Cc1ccc(C=CS(=O)(=O)NCC(C)(O)C2CC2)cc1. The molecule has 110 valence electrons. The van der Waals surface area contributed by atoms with Gasteiger partial charge in [0.2, 0.25) is 10.0 Å². The first-order chi connectivity index (χ1) is 9.28. The predicted octanol–water partition coefficient (Wildman–Crippen LogP) is 2.05. The Balaban J connectivity index is 1.94. The first kappa shape index (κ1) is 15.2. The van der Waals surface area contributed by atoms with E-state index >= 15 is 0 Å². The van der Waals surface area contributed by atoms with Gasteiger partial charge in [0.15, 0.2) is 0 Å². The Morgan fingerprint density at radius 3 is 2.50 bits per heavy atom. The third-order valence-corrected chi connectivity index (χ3v) is 4.65. The van der Waals surface area contributed by atoms with Gasteiger partial charge < -0.3 is 5.11 Å². The second kappa shape index (κ2) is 5.68. The summed E-state index contributed by atoms with van der Waals surface area (Å²) in [5.41, 5.74) is 1.00. The molecular formula is C15H21NO3S. The van der Waals surface area contributed by atoms with E-state index in [0.717, 1.165) is 29.4 Å². The van der Waals surface area contributed by atoms with Crippen molar-refractivity contribution >= 4 is 16.1 Å². The molecule has 1 aromatic carbocycles. The van der Waals surface area contributed by atoms with Crippen LogP contribution in [0.5, 0.6) is 0 Å². The minimum Gasteiger partial charge on any atom is -0.389 e. The van der Waals surface area contributed by atoms with Crippen molar-refractivity contribution in [2.75, 3.05) is 6.54 Å². The van der Waals surface area contributed by atoms with Gasteiger partial charge in [0.1, 0.15) is 0 Å². The van der Waals surface area contributed by atoms with Crippen molar-refractivity contribution in [3.05, 3.63) is 40.8 Å². The smallest absolute Gasteiger partial charge is 0.233 e. The number of benzene rings is 1. The van der Waals surface area contributed by atoms with E-state index in [-0.39, 0.29) is 12.5 Å². The summed E-state index contributed by atoms with van der Waals surface area (Å²) in [6, 6.07) is 7.58. The van der Waals surface area contributed by atoms with E-state index in [1.54, 1.807) is 13.0 Å². The van der Waals surface area contributed by atoms with Crippen LogP contribution in [0.2, 0.25) is 0 Å². The van der Waals surface area contributed by atoms with E-state index in [1.807, 2.05) is 31.2 Å². The van der Waals surface area contributed by atoms with Gasteiger partial charge in [-0.25, -0.2) is 13.1 Å². The molecule has 0 amide bonds. The molecule has 1 aliphatic carbocycles. The highest BCUT2D eigenvalue weighted by Crippen LogP contribution is 2.39. The molecule has 0 aliphatic heterocycles. The Kier molecular flexibility index (Phi) is 4.32. The number of rotatable bonds is 6. The highest BCUT2D eigenvalue weighted by molar-refractivity contribution is 7.92. The highest BCUT2D eigenvalue weighted by Gasteiger charge is 2.40. The maximum Gasteiger partial charge on any atom is 0.233 e.